The maximum absolute atomic E-state index is 11.6. The molecule has 0 radical (unpaired) electrons. The number of fused-ring (bicyclic) bond motifs is 1. The molecule has 7 nitrogen and oxygen atoms in total. The van der Waals surface area contributed by atoms with Crippen LogP contribution < -0.4 is 5.32 Å². The van der Waals surface area contributed by atoms with Crippen molar-refractivity contribution >= 4 is 35.2 Å². The van der Waals surface area contributed by atoms with Crippen LogP contribution in [0.4, 0.5) is 0 Å². The molecule has 2 rings (SSSR count). The summed E-state index contributed by atoms with van der Waals surface area (Å²) in [6.45, 7) is 0.403. The maximum atomic E-state index is 11.6. The monoisotopic (exact) mass is 337 g/mol. The quantitative estimate of drug-likeness (QED) is 0.468. The number of ether oxygens (including phenoxy) is 2. The summed E-state index contributed by atoms with van der Waals surface area (Å²) in [5.74, 6) is -1.04. The second-order valence-electron chi connectivity index (χ2n) is 4.50. The van der Waals surface area contributed by atoms with Gasteiger partial charge in [0.25, 0.3) is 5.91 Å². The average molecular weight is 338 g/mol. The lowest BCUT2D eigenvalue weighted by molar-refractivity contribution is -0.143. The van der Waals surface area contributed by atoms with Gasteiger partial charge < -0.3 is 14.8 Å². The molecule has 2 aromatic heterocycles. The molecule has 1 N–H and O–H groups in total. The van der Waals surface area contributed by atoms with E-state index in [-0.39, 0.29) is 11.8 Å². The van der Waals surface area contributed by atoms with E-state index < -0.39 is 11.9 Å². The number of carbonyl (C=O) groups is 2. The molecule has 23 heavy (non-hydrogen) atoms. The van der Waals surface area contributed by atoms with Crippen molar-refractivity contribution < 1.29 is 19.1 Å². The molecule has 0 saturated heterocycles. The Kier molecular flexibility index (Phi) is 6.13. The molecule has 1 amide bonds. The van der Waals surface area contributed by atoms with Crippen molar-refractivity contribution in [3.05, 3.63) is 41.3 Å². The molecule has 8 heteroatoms. The molecule has 2 aromatic rings. The number of rotatable bonds is 7. The minimum atomic E-state index is -0.645. The van der Waals surface area contributed by atoms with Crippen LogP contribution in [0.15, 0.2) is 30.5 Å². The topological polar surface area (TPSA) is 81.9 Å². The highest BCUT2D eigenvalue weighted by atomic mass is 35.5. The van der Waals surface area contributed by atoms with Crippen LogP contribution in [0, 0.1) is 0 Å². The predicted molar refractivity (Wildman–Crippen MR) is 85.1 cm³/mol. The third-order valence-electron chi connectivity index (χ3n) is 2.87. The molecule has 0 aliphatic rings. The lowest BCUT2D eigenvalue weighted by atomic mass is 10.4. The third-order valence-corrected chi connectivity index (χ3v) is 3.15. The van der Waals surface area contributed by atoms with Gasteiger partial charge in [0.1, 0.15) is 5.65 Å². The summed E-state index contributed by atoms with van der Waals surface area (Å²) >= 11 is 6.04. The summed E-state index contributed by atoms with van der Waals surface area (Å²) in [6.07, 6.45) is 4.47. The molecule has 2 heterocycles. The van der Waals surface area contributed by atoms with Crippen molar-refractivity contribution in [2.24, 2.45) is 0 Å². The van der Waals surface area contributed by atoms with E-state index in [0.717, 1.165) is 0 Å². The summed E-state index contributed by atoms with van der Waals surface area (Å²) in [4.78, 5) is 27.2. The van der Waals surface area contributed by atoms with Gasteiger partial charge in [-0.15, -0.1) is 0 Å². The predicted octanol–water partition coefficient (Wildman–Crippen LogP) is 1.31. The number of hydrogen-bond acceptors (Lipinski definition) is 5. The fraction of sp³-hybridized carbons (Fsp3) is 0.267. The molecule has 122 valence electrons. The van der Waals surface area contributed by atoms with Crippen molar-refractivity contribution in [2.75, 3.05) is 26.9 Å². The lowest BCUT2D eigenvalue weighted by Gasteiger charge is -2.04. The van der Waals surface area contributed by atoms with Crippen LogP contribution in [-0.2, 0) is 19.1 Å². The van der Waals surface area contributed by atoms with E-state index in [9.17, 15) is 9.59 Å². The van der Waals surface area contributed by atoms with Crippen LogP contribution in [0.25, 0.3) is 11.7 Å². The van der Waals surface area contributed by atoms with Gasteiger partial charge in [-0.1, -0.05) is 17.7 Å². The standard InChI is InChI=1S/C15H16ClN3O4/c1-22-9-7-17-13(20)10-23-14(21)6-5-11-15(16)18-12-4-2-3-8-19(11)12/h2-6,8H,7,9-10H2,1H3,(H,17,20)/b6-5+. The van der Waals surface area contributed by atoms with E-state index >= 15 is 0 Å². The van der Waals surface area contributed by atoms with Crippen molar-refractivity contribution in [2.45, 2.75) is 0 Å². The SMILES string of the molecule is COCCNC(=O)COC(=O)/C=C/c1c(Cl)nc2ccccn12. The Morgan fingerprint density at radius 3 is 3.04 bits per heavy atom. The van der Waals surface area contributed by atoms with Gasteiger partial charge in [0.15, 0.2) is 11.8 Å². The number of amides is 1. The van der Waals surface area contributed by atoms with Gasteiger partial charge in [-0.05, 0) is 18.2 Å². The average Bonchev–Trinajstić information content (AvgIpc) is 2.86. The van der Waals surface area contributed by atoms with Crippen molar-refractivity contribution in [1.82, 2.24) is 14.7 Å². The Morgan fingerprint density at radius 1 is 1.43 bits per heavy atom. The summed E-state index contributed by atoms with van der Waals surface area (Å²) in [5.41, 5.74) is 1.23. The second kappa shape index (κ2) is 8.30. The molecule has 0 aliphatic heterocycles. The van der Waals surface area contributed by atoms with E-state index in [4.69, 9.17) is 21.1 Å². The highest BCUT2D eigenvalue weighted by Crippen LogP contribution is 2.18. The first kappa shape index (κ1) is 17.0. The van der Waals surface area contributed by atoms with Gasteiger partial charge in [0.2, 0.25) is 0 Å². The highest BCUT2D eigenvalue weighted by Gasteiger charge is 2.08. The highest BCUT2D eigenvalue weighted by molar-refractivity contribution is 6.31. The number of carbonyl (C=O) groups excluding carboxylic acids is 2. The Morgan fingerprint density at radius 2 is 2.26 bits per heavy atom. The number of methoxy groups -OCH3 is 1. The summed E-state index contributed by atoms with van der Waals surface area (Å²) < 4.78 is 11.4. The van der Waals surface area contributed by atoms with Crippen LogP contribution >= 0.6 is 11.6 Å². The number of halogens is 1. The molecular weight excluding hydrogens is 322 g/mol. The van der Waals surface area contributed by atoms with E-state index in [1.165, 1.54) is 19.3 Å². The minimum absolute atomic E-state index is 0.276. The summed E-state index contributed by atoms with van der Waals surface area (Å²) in [7, 11) is 1.53. The second-order valence-corrected chi connectivity index (χ2v) is 4.86. The largest absolute Gasteiger partial charge is 0.452 e. The number of aromatic nitrogens is 2. The zero-order valence-corrected chi connectivity index (χ0v) is 13.2. The minimum Gasteiger partial charge on any atom is -0.452 e. The molecular formula is C15H16ClN3O4. The van der Waals surface area contributed by atoms with Crippen LogP contribution in [0.2, 0.25) is 5.15 Å². The number of nitrogens with zero attached hydrogens (tertiary/aromatic N) is 2. The maximum Gasteiger partial charge on any atom is 0.331 e. The van der Waals surface area contributed by atoms with Gasteiger partial charge in [-0.2, -0.15) is 0 Å². The van der Waals surface area contributed by atoms with E-state index in [1.54, 1.807) is 16.7 Å². The molecule has 0 unspecified atom stereocenters. The Labute approximate surface area is 137 Å². The molecule has 0 fully saturated rings. The molecule has 0 spiro atoms. The number of imidazole rings is 1. The number of esters is 1. The van der Waals surface area contributed by atoms with E-state index in [1.807, 2.05) is 12.1 Å². The first-order valence-corrected chi connectivity index (χ1v) is 7.22. The molecule has 0 saturated carbocycles. The number of hydrogen-bond donors (Lipinski definition) is 1. The van der Waals surface area contributed by atoms with Crippen LogP contribution in [0.5, 0.6) is 0 Å². The fourth-order valence-electron chi connectivity index (χ4n) is 1.81. The molecule has 0 aliphatic carbocycles. The third kappa shape index (κ3) is 4.80. The van der Waals surface area contributed by atoms with Gasteiger partial charge in [-0.25, -0.2) is 9.78 Å². The molecule has 0 atom stereocenters. The zero-order valence-electron chi connectivity index (χ0n) is 12.5. The fourth-order valence-corrected chi connectivity index (χ4v) is 2.05. The van der Waals surface area contributed by atoms with Crippen LogP contribution in [-0.4, -0.2) is 48.1 Å². The first-order valence-electron chi connectivity index (χ1n) is 6.85. The normalized spacial score (nSPS) is 11.0. The Bertz CT molecular complexity index is 727. The zero-order chi connectivity index (χ0) is 16.7. The smallest absolute Gasteiger partial charge is 0.331 e. The number of pyridine rings is 1. The van der Waals surface area contributed by atoms with Gasteiger partial charge >= 0.3 is 5.97 Å². The van der Waals surface area contributed by atoms with E-state index in [2.05, 4.69) is 10.3 Å². The van der Waals surface area contributed by atoms with Gasteiger partial charge in [-0.3, -0.25) is 9.20 Å². The van der Waals surface area contributed by atoms with Gasteiger partial charge in [0, 0.05) is 25.9 Å². The van der Waals surface area contributed by atoms with E-state index in [0.29, 0.717) is 24.5 Å². The number of nitrogens with one attached hydrogen (secondary N) is 1. The summed E-state index contributed by atoms with van der Waals surface area (Å²) in [6, 6.07) is 5.46. The Hall–Kier alpha value is -2.38. The molecule has 0 bridgehead atoms. The summed E-state index contributed by atoms with van der Waals surface area (Å²) in [5, 5.41) is 2.82. The molecule has 0 aromatic carbocycles. The van der Waals surface area contributed by atoms with Gasteiger partial charge in [0.05, 0.1) is 12.3 Å². The van der Waals surface area contributed by atoms with Crippen LogP contribution in [0.1, 0.15) is 5.69 Å². The van der Waals surface area contributed by atoms with Crippen molar-refractivity contribution in [3.63, 3.8) is 0 Å². The first-order chi connectivity index (χ1) is 11.1. The Balaban J connectivity index is 1.90. The van der Waals surface area contributed by atoms with Crippen molar-refractivity contribution in [3.8, 4) is 0 Å². The van der Waals surface area contributed by atoms with Crippen molar-refractivity contribution in [1.29, 1.82) is 0 Å². The van der Waals surface area contributed by atoms with Crippen LogP contribution in [0.3, 0.4) is 0 Å². The lowest BCUT2D eigenvalue weighted by Crippen LogP contribution is -2.31.